The molecular formula is C47H27N3OU. The fraction of sp³-hybridized carbons (Fsp3) is 0. The van der Waals surface area contributed by atoms with Gasteiger partial charge in [0.15, 0.2) is 5.82 Å². The Labute approximate surface area is 325 Å². The van der Waals surface area contributed by atoms with E-state index in [2.05, 4.69) is 84.9 Å². The number of furan rings is 1. The van der Waals surface area contributed by atoms with Crippen molar-refractivity contribution in [2.45, 2.75) is 0 Å². The molecule has 0 saturated heterocycles. The molecule has 0 spiro atoms. The standard InChI is InChI=1S/C47H27N3O.U/c48-30-31-18-20-34(21-19-31)44-29-43(33-12-5-2-6-13-33)49-47(50-44)40-26-38(36-15-9-14-35(24-36)32-10-3-1-4-11-32)25-39(27-40)37-22-23-46-42(28-37)41-16-7-8-17-45(41)51-46;/h1-10,12-13,15-29H;/q-2;+2. The molecule has 0 unspecified atom stereocenters. The van der Waals surface area contributed by atoms with E-state index in [-0.39, 0.29) is 31.1 Å². The van der Waals surface area contributed by atoms with Crippen LogP contribution in [0.5, 0.6) is 0 Å². The van der Waals surface area contributed by atoms with Crippen molar-refractivity contribution in [2.75, 3.05) is 0 Å². The van der Waals surface area contributed by atoms with Gasteiger partial charge in [-0.3, -0.25) is 0 Å². The van der Waals surface area contributed by atoms with Crippen LogP contribution < -0.4 is 0 Å². The third-order valence-electron chi connectivity index (χ3n) is 9.14. The zero-order chi connectivity index (χ0) is 34.1. The van der Waals surface area contributed by atoms with Crippen molar-refractivity contribution in [1.82, 2.24) is 9.97 Å². The number of hydrogen-bond donors (Lipinski definition) is 0. The summed E-state index contributed by atoms with van der Waals surface area (Å²) in [5, 5.41) is 11.6. The van der Waals surface area contributed by atoms with E-state index in [1.54, 1.807) is 0 Å². The van der Waals surface area contributed by atoms with Gasteiger partial charge in [0.2, 0.25) is 0 Å². The summed E-state index contributed by atoms with van der Waals surface area (Å²) in [5.41, 5.74) is 12.8. The minimum atomic E-state index is 0. The maximum Gasteiger partial charge on any atom is 2.00 e. The maximum absolute atomic E-state index is 9.42. The summed E-state index contributed by atoms with van der Waals surface area (Å²) in [7, 11) is 0. The Kier molecular flexibility index (Phi) is 9.11. The number of para-hydroxylation sites is 1. The molecule has 0 bridgehead atoms. The fourth-order valence-electron chi connectivity index (χ4n) is 6.55. The van der Waals surface area contributed by atoms with E-state index >= 15 is 0 Å². The first-order valence-electron chi connectivity index (χ1n) is 16.7. The van der Waals surface area contributed by atoms with Crippen LogP contribution in [0.2, 0.25) is 0 Å². The van der Waals surface area contributed by atoms with Crippen molar-refractivity contribution in [3.63, 3.8) is 0 Å². The van der Waals surface area contributed by atoms with Crippen molar-refractivity contribution in [3.05, 3.63) is 181 Å². The van der Waals surface area contributed by atoms with Crippen LogP contribution in [0.25, 0.3) is 89.2 Å². The monoisotopic (exact) mass is 887 g/mol. The molecule has 0 fully saturated rings. The average molecular weight is 888 g/mol. The second-order valence-corrected chi connectivity index (χ2v) is 12.4. The average Bonchev–Trinajstić information content (AvgIpc) is 3.59. The summed E-state index contributed by atoms with van der Waals surface area (Å²) < 4.78 is 6.17. The maximum atomic E-state index is 9.42. The molecule has 0 aliphatic carbocycles. The van der Waals surface area contributed by atoms with Gasteiger partial charge in [-0.15, -0.1) is 17.7 Å². The Morgan fingerprint density at radius 2 is 1.10 bits per heavy atom. The van der Waals surface area contributed by atoms with Gasteiger partial charge in [0, 0.05) is 27.5 Å². The molecule has 0 saturated carbocycles. The zero-order valence-electron chi connectivity index (χ0n) is 27.8. The molecule has 0 aliphatic heterocycles. The predicted molar refractivity (Wildman–Crippen MR) is 204 cm³/mol. The molecule has 7 aromatic carbocycles. The van der Waals surface area contributed by atoms with Gasteiger partial charge in [-0.1, -0.05) is 66.7 Å². The van der Waals surface area contributed by atoms with Gasteiger partial charge in [0.05, 0.1) is 23.0 Å². The van der Waals surface area contributed by atoms with E-state index in [0.29, 0.717) is 11.4 Å². The van der Waals surface area contributed by atoms with Gasteiger partial charge >= 0.3 is 31.1 Å². The topological polar surface area (TPSA) is 62.7 Å². The first-order valence-corrected chi connectivity index (χ1v) is 16.7. The van der Waals surface area contributed by atoms with Crippen LogP contribution in [-0.2, 0) is 0 Å². The fourth-order valence-corrected chi connectivity index (χ4v) is 6.55. The molecule has 9 rings (SSSR count). The second kappa shape index (κ2) is 14.3. The molecule has 2 heterocycles. The van der Waals surface area contributed by atoms with Crippen LogP contribution in [0.15, 0.2) is 168 Å². The van der Waals surface area contributed by atoms with Gasteiger partial charge in [-0.05, 0) is 71.3 Å². The summed E-state index contributed by atoms with van der Waals surface area (Å²) in [5.74, 6) is 0.604. The Morgan fingerprint density at radius 1 is 0.462 bits per heavy atom. The largest absolute Gasteiger partial charge is 2.00 e. The van der Waals surface area contributed by atoms with Crippen LogP contribution in [-0.4, -0.2) is 9.97 Å². The van der Waals surface area contributed by atoms with E-state index in [0.717, 1.165) is 83.4 Å². The van der Waals surface area contributed by atoms with Crippen molar-refractivity contribution in [1.29, 1.82) is 5.26 Å². The Bertz CT molecular complexity index is 2750. The number of aromatic nitrogens is 2. The van der Waals surface area contributed by atoms with E-state index in [1.165, 1.54) is 0 Å². The number of hydrogen-bond acceptors (Lipinski definition) is 4. The molecule has 0 amide bonds. The Balaban J connectivity index is 0.00000387. The molecular weight excluding hydrogens is 861 g/mol. The van der Waals surface area contributed by atoms with Crippen molar-refractivity contribution >= 4 is 21.9 Å². The molecule has 5 heteroatoms. The number of benzene rings is 7. The number of rotatable bonds is 6. The molecule has 4 nitrogen and oxygen atoms in total. The van der Waals surface area contributed by atoms with Crippen LogP contribution in [0.3, 0.4) is 0 Å². The molecule has 240 valence electrons. The van der Waals surface area contributed by atoms with Crippen molar-refractivity contribution in [3.8, 4) is 73.4 Å². The van der Waals surface area contributed by atoms with Gasteiger partial charge in [0.1, 0.15) is 11.2 Å². The SMILES string of the molecule is N#Cc1ccc(-c2cc(-c3ccccc3)nc(-c3cc(-c4cc[c-]c(-c5[c-]cccc5)c4)cc(-c4ccc5oc6ccccc6c5c4)c3)n2)cc1.[U+2]. The van der Waals surface area contributed by atoms with Gasteiger partial charge in [-0.2, -0.15) is 47.7 Å². The van der Waals surface area contributed by atoms with Crippen molar-refractivity contribution in [2.24, 2.45) is 0 Å². The minimum Gasteiger partial charge on any atom is -0.456 e. The van der Waals surface area contributed by atoms with Gasteiger partial charge < -0.3 is 4.42 Å². The third-order valence-corrected chi connectivity index (χ3v) is 9.14. The molecule has 9 aromatic rings. The Hall–Kier alpha value is -6.04. The summed E-state index contributed by atoms with van der Waals surface area (Å²) in [6, 6.07) is 63.9. The van der Waals surface area contributed by atoms with Crippen LogP contribution in [0.4, 0.5) is 0 Å². The molecule has 0 atom stereocenters. The predicted octanol–water partition coefficient (Wildman–Crippen LogP) is 11.9. The molecule has 52 heavy (non-hydrogen) atoms. The van der Waals surface area contributed by atoms with Crippen molar-refractivity contribution < 1.29 is 35.5 Å². The number of fused-ring (bicyclic) bond motifs is 3. The Morgan fingerprint density at radius 3 is 1.85 bits per heavy atom. The number of nitriles is 1. The normalized spacial score (nSPS) is 10.9. The third kappa shape index (κ3) is 6.47. The molecule has 2 aromatic heterocycles. The van der Waals surface area contributed by atoms with Gasteiger partial charge in [-0.25, -0.2) is 21.1 Å². The van der Waals surface area contributed by atoms with Gasteiger partial charge in [0.25, 0.3) is 0 Å². The van der Waals surface area contributed by atoms with Crippen LogP contribution in [0, 0.1) is 54.6 Å². The van der Waals surface area contributed by atoms with Crippen LogP contribution in [0.1, 0.15) is 5.56 Å². The molecule has 0 N–H and O–H groups in total. The smallest absolute Gasteiger partial charge is 0.456 e. The van der Waals surface area contributed by atoms with E-state index in [1.807, 2.05) is 97.1 Å². The molecule has 0 aliphatic rings. The second-order valence-electron chi connectivity index (χ2n) is 12.4. The molecule has 0 radical (unpaired) electrons. The van der Waals surface area contributed by atoms with Crippen LogP contribution >= 0.6 is 0 Å². The van der Waals surface area contributed by atoms with E-state index in [4.69, 9.17) is 14.4 Å². The summed E-state index contributed by atoms with van der Waals surface area (Å²) in [6.07, 6.45) is 0. The zero-order valence-corrected chi connectivity index (χ0v) is 32.0. The first-order chi connectivity index (χ1) is 25.2. The van der Waals surface area contributed by atoms with E-state index in [9.17, 15) is 5.26 Å². The summed E-state index contributed by atoms with van der Waals surface area (Å²) in [4.78, 5) is 10.3. The number of nitrogens with zero attached hydrogens (tertiary/aromatic N) is 3. The summed E-state index contributed by atoms with van der Waals surface area (Å²) in [6.45, 7) is 0. The summed E-state index contributed by atoms with van der Waals surface area (Å²) >= 11 is 0. The van der Waals surface area contributed by atoms with E-state index < -0.39 is 0 Å². The minimum absolute atomic E-state index is 0. The quantitative estimate of drug-likeness (QED) is 0.156. The first kappa shape index (κ1) is 33.1.